The van der Waals surface area contributed by atoms with Crippen molar-refractivity contribution in [1.82, 2.24) is 0 Å². The Kier molecular flexibility index (Phi) is 2.64. The minimum atomic E-state index is -1.45. The number of ketones is 1. The molecule has 0 atom stereocenters. The average molecular weight is 220 g/mol. The second kappa shape index (κ2) is 3.96. The number of phenols is 1. The van der Waals surface area contributed by atoms with E-state index in [1.165, 1.54) is 12.1 Å². The third-order valence-electron chi connectivity index (χ3n) is 2.95. The normalized spacial score (nSPS) is 14.2. The lowest BCUT2D eigenvalue weighted by molar-refractivity contribution is -0.131. The summed E-state index contributed by atoms with van der Waals surface area (Å²) in [5, 5.41) is 18.3. The fourth-order valence-corrected chi connectivity index (χ4v) is 2.18. The largest absolute Gasteiger partial charge is 0.508 e. The number of aromatic hydroxyl groups is 1. The molecule has 0 aliphatic heterocycles. The van der Waals surface area contributed by atoms with E-state index in [0.717, 1.165) is 18.4 Å². The van der Waals surface area contributed by atoms with Crippen molar-refractivity contribution in [2.24, 2.45) is 0 Å². The number of benzene rings is 1. The first-order valence-electron chi connectivity index (χ1n) is 5.22. The van der Waals surface area contributed by atoms with Gasteiger partial charge in [-0.3, -0.25) is 4.79 Å². The van der Waals surface area contributed by atoms with Gasteiger partial charge in [0.2, 0.25) is 0 Å². The SMILES string of the molecule is O=C(O)C(=O)c1ccc(O)c2c1CCCC2. The maximum absolute atomic E-state index is 11.4. The van der Waals surface area contributed by atoms with Gasteiger partial charge >= 0.3 is 5.97 Å². The highest BCUT2D eigenvalue weighted by Gasteiger charge is 2.23. The number of rotatable bonds is 2. The summed E-state index contributed by atoms with van der Waals surface area (Å²) in [5.74, 6) is -2.17. The minimum absolute atomic E-state index is 0.164. The number of fused-ring (bicyclic) bond motifs is 1. The molecule has 1 aliphatic rings. The predicted octanol–water partition coefficient (Wildman–Crippen LogP) is 1.54. The molecule has 0 unspecified atom stereocenters. The van der Waals surface area contributed by atoms with Gasteiger partial charge in [-0.1, -0.05) is 0 Å². The van der Waals surface area contributed by atoms with Gasteiger partial charge in [-0.2, -0.15) is 0 Å². The van der Waals surface area contributed by atoms with E-state index < -0.39 is 11.8 Å². The highest BCUT2D eigenvalue weighted by atomic mass is 16.4. The number of carboxylic acid groups (broad SMARTS) is 1. The van der Waals surface area contributed by atoms with E-state index in [1.807, 2.05) is 0 Å². The zero-order chi connectivity index (χ0) is 11.7. The van der Waals surface area contributed by atoms with Crippen LogP contribution in [0.5, 0.6) is 5.75 Å². The Morgan fingerprint density at radius 1 is 1.06 bits per heavy atom. The molecule has 0 spiro atoms. The van der Waals surface area contributed by atoms with Gasteiger partial charge in [0.15, 0.2) is 0 Å². The molecule has 2 rings (SSSR count). The summed E-state index contributed by atoms with van der Waals surface area (Å²) in [6, 6.07) is 2.80. The topological polar surface area (TPSA) is 74.6 Å². The van der Waals surface area contributed by atoms with Gasteiger partial charge in [0, 0.05) is 5.56 Å². The van der Waals surface area contributed by atoms with Crippen molar-refractivity contribution < 1.29 is 19.8 Å². The molecule has 1 aliphatic carbocycles. The monoisotopic (exact) mass is 220 g/mol. The number of carbonyl (C=O) groups is 2. The fourth-order valence-electron chi connectivity index (χ4n) is 2.18. The number of aliphatic carboxylic acids is 1. The van der Waals surface area contributed by atoms with Crippen LogP contribution in [-0.4, -0.2) is 22.0 Å². The van der Waals surface area contributed by atoms with Crippen LogP contribution in [0.4, 0.5) is 0 Å². The smallest absolute Gasteiger partial charge is 0.377 e. The first kappa shape index (κ1) is 10.7. The second-order valence-corrected chi connectivity index (χ2v) is 3.93. The first-order chi connectivity index (χ1) is 7.61. The van der Waals surface area contributed by atoms with Gasteiger partial charge in [-0.05, 0) is 48.9 Å². The van der Waals surface area contributed by atoms with Crippen LogP contribution < -0.4 is 0 Å². The summed E-state index contributed by atoms with van der Waals surface area (Å²) in [4.78, 5) is 22.1. The summed E-state index contributed by atoms with van der Waals surface area (Å²) in [7, 11) is 0. The number of phenolic OH excluding ortho intramolecular Hbond substituents is 1. The van der Waals surface area contributed by atoms with Gasteiger partial charge < -0.3 is 10.2 Å². The lowest BCUT2D eigenvalue weighted by Gasteiger charge is -2.19. The van der Waals surface area contributed by atoms with Crippen LogP contribution in [0.3, 0.4) is 0 Å². The van der Waals surface area contributed by atoms with Crippen LogP contribution >= 0.6 is 0 Å². The van der Waals surface area contributed by atoms with E-state index in [9.17, 15) is 14.7 Å². The van der Waals surface area contributed by atoms with Gasteiger partial charge in [0.05, 0.1) is 0 Å². The van der Waals surface area contributed by atoms with Gasteiger partial charge in [-0.25, -0.2) is 4.79 Å². The Hall–Kier alpha value is -1.84. The molecule has 2 N–H and O–H groups in total. The van der Waals surface area contributed by atoms with Crippen LogP contribution in [-0.2, 0) is 17.6 Å². The summed E-state index contributed by atoms with van der Waals surface area (Å²) < 4.78 is 0. The summed E-state index contributed by atoms with van der Waals surface area (Å²) in [5.41, 5.74) is 1.66. The first-order valence-corrected chi connectivity index (χ1v) is 5.22. The summed E-state index contributed by atoms with van der Waals surface area (Å²) in [6.45, 7) is 0. The molecule has 0 aromatic heterocycles. The second-order valence-electron chi connectivity index (χ2n) is 3.93. The molecule has 16 heavy (non-hydrogen) atoms. The summed E-state index contributed by atoms with van der Waals surface area (Å²) in [6.07, 6.45) is 3.27. The van der Waals surface area contributed by atoms with Crippen molar-refractivity contribution in [3.8, 4) is 5.75 Å². The fraction of sp³-hybridized carbons (Fsp3) is 0.333. The van der Waals surface area contributed by atoms with Gasteiger partial charge in [0.25, 0.3) is 5.78 Å². The van der Waals surface area contributed by atoms with Crippen LogP contribution in [0.25, 0.3) is 0 Å². The van der Waals surface area contributed by atoms with E-state index in [1.54, 1.807) is 0 Å². The molecule has 0 radical (unpaired) electrons. The van der Waals surface area contributed by atoms with Crippen LogP contribution in [0.15, 0.2) is 12.1 Å². The molecular weight excluding hydrogens is 208 g/mol. The lowest BCUT2D eigenvalue weighted by Crippen LogP contribution is -2.17. The Balaban J connectivity index is 2.55. The van der Waals surface area contributed by atoms with Crippen molar-refractivity contribution >= 4 is 11.8 Å². The number of Topliss-reactive ketones (excluding diaryl/α,β-unsaturated/α-hetero) is 1. The highest BCUT2D eigenvalue weighted by Crippen LogP contribution is 2.31. The Morgan fingerprint density at radius 3 is 2.31 bits per heavy atom. The number of hydrogen-bond donors (Lipinski definition) is 2. The molecule has 0 bridgehead atoms. The van der Waals surface area contributed by atoms with Crippen molar-refractivity contribution in [3.05, 3.63) is 28.8 Å². The lowest BCUT2D eigenvalue weighted by atomic mass is 9.86. The third kappa shape index (κ3) is 1.66. The third-order valence-corrected chi connectivity index (χ3v) is 2.95. The van der Waals surface area contributed by atoms with Crippen LogP contribution in [0.2, 0.25) is 0 Å². The van der Waals surface area contributed by atoms with E-state index in [2.05, 4.69) is 0 Å². The molecule has 4 nitrogen and oxygen atoms in total. The maximum Gasteiger partial charge on any atom is 0.377 e. The van der Waals surface area contributed by atoms with Crippen molar-refractivity contribution in [2.45, 2.75) is 25.7 Å². The maximum atomic E-state index is 11.4. The standard InChI is InChI=1S/C12H12O4/c13-10-6-5-9(11(14)12(15)16)7-3-1-2-4-8(7)10/h5-6,13H,1-4H2,(H,15,16). The molecule has 84 valence electrons. The summed E-state index contributed by atoms with van der Waals surface area (Å²) >= 11 is 0. The zero-order valence-corrected chi connectivity index (χ0v) is 8.69. The number of carbonyl (C=O) groups excluding carboxylic acids is 1. The molecule has 0 fully saturated rings. The van der Waals surface area contributed by atoms with Crippen LogP contribution in [0.1, 0.15) is 34.3 Å². The van der Waals surface area contributed by atoms with E-state index in [-0.39, 0.29) is 11.3 Å². The van der Waals surface area contributed by atoms with Gasteiger partial charge in [0.1, 0.15) is 5.75 Å². The van der Waals surface area contributed by atoms with Crippen molar-refractivity contribution in [3.63, 3.8) is 0 Å². The van der Waals surface area contributed by atoms with Crippen molar-refractivity contribution in [2.75, 3.05) is 0 Å². The Morgan fingerprint density at radius 2 is 1.69 bits per heavy atom. The van der Waals surface area contributed by atoms with E-state index in [0.29, 0.717) is 18.4 Å². The Bertz CT molecular complexity index is 462. The minimum Gasteiger partial charge on any atom is -0.508 e. The van der Waals surface area contributed by atoms with E-state index >= 15 is 0 Å². The predicted molar refractivity (Wildman–Crippen MR) is 56.7 cm³/mol. The molecule has 4 heteroatoms. The quantitative estimate of drug-likeness (QED) is 0.585. The Labute approximate surface area is 92.5 Å². The van der Waals surface area contributed by atoms with Gasteiger partial charge in [-0.15, -0.1) is 0 Å². The number of hydrogen-bond acceptors (Lipinski definition) is 3. The molecular formula is C12H12O4. The molecule has 1 aromatic carbocycles. The highest BCUT2D eigenvalue weighted by molar-refractivity contribution is 6.40. The molecule has 0 saturated carbocycles. The van der Waals surface area contributed by atoms with Crippen LogP contribution in [0, 0.1) is 0 Å². The van der Waals surface area contributed by atoms with Crippen molar-refractivity contribution in [1.29, 1.82) is 0 Å². The van der Waals surface area contributed by atoms with E-state index in [4.69, 9.17) is 5.11 Å². The molecule has 1 aromatic rings. The molecule has 0 saturated heterocycles. The zero-order valence-electron chi connectivity index (χ0n) is 8.69. The average Bonchev–Trinajstić information content (AvgIpc) is 2.29. The molecule has 0 amide bonds. The molecule has 0 heterocycles. The number of carboxylic acids is 1.